The summed E-state index contributed by atoms with van der Waals surface area (Å²) < 4.78 is 7.24. The van der Waals surface area contributed by atoms with Crippen LogP contribution in [0.5, 0.6) is 5.75 Å². The number of rotatable bonds is 5. The molecule has 1 unspecified atom stereocenters. The van der Waals surface area contributed by atoms with Gasteiger partial charge >= 0.3 is 0 Å². The second-order valence-electron chi connectivity index (χ2n) is 5.97. The Morgan fingerprint density at radius 2 is 1.82 bits per heavy atom. The Hall–Kier alpha value is -2.07. The van der Waals surface area contributed by atoms with E-state index >= 15 is 0 Å². The number of ether oxygens (including phenoxy) is 1. The molecule has 0 aliphatic carbocycles. The number of nitrogens with zero attached hydrogens (tertiary/aromatic N) is 1. The van der Waals surface area contributed by atoms with Gasteiger partial charge in [-0.1, -0.05) is 26.0 Å². The number of benzene rings is 1. The highest BCUT2D eigenvalue weighted by atomic mass is 16.5. The van der Waals surface area contributed by atoms with Crippen LogP contribution in [0.3, 0.4) is 0 Å². The van der Waals surface area contributed by atoms with E-state index in [1.165, 1.54) is 0 Å². The smallest absolute Gasteiger partial charge is 0.255 e. The van der Waals surface area contributed by atoms with Crippen molar-refractivity contribution in [3.05, 3.63) is 52.3 Å². The number of hydrogen-bond acceptors (Lipinski definition) is 3. The maximum atomic E-state index is 12.8. The van der Waals surface area contributed by atoms with Crippen LogP contribution in [0.15, 0.2) is 41.2 Å². The minimum Gasteiger partial charge on any atom is -0.496 e. The van der Waals surface area contributed by atoms with E-state index < -0.39 is 0 Å². The summed E-state index contributed by atoms with van der Waals surface area (Å²) in [5.41, 5.74) is 8.32. The molecule has 4 nitrogen and oxygen atoms in total. The summed E-state index contributed by atoms with van der Waals surface area (Å²) in [7, 11) is 1.64. The topological polar surface area (TPSA) is 57.2 Å². The molecular formula is C18H24N2O2. The molecule has 0 amide bonds. The Morgan fingerprint density at radius 3 is 2.41 bits per heavy atom. The SMILES string of the molecule is COc1ccccc1-c1ccc(C(C)N)c(=O)n1CC(C)C. The fraction of sp³-hybridized carbons (Fsp3) is 0.389. The molecule has 1 aromatic heterocycles. The summed E-state index contributed by atoms with van der Waals surface area (Å²) in [6, 6.07) is 11.2. The number of para-hydroxylation sites is 1. The lowest BCUT2D eigenvalue weighted by Gasteiger charge is -2.19. The van der Waals surface area contributed by atoms with Gasteiger partial charge in [-0.15, -0.1) is 0 Å². The molecule has 0 saturated heterocycles. The van der Waals surface area contributed by atoms with Gasteiger partial charge in [-0.25, -0.2) is 0 Å². The van der Waals surface area contributed by atoms with Gasteiger partial charge < -0.3 is 15.0 Å². The van der Waals surface area contributed by atoms with Crippen LogP contribution in [-0.4, -0.2) is 11.7 Å². The lowest BCUT2D eigenvalue weighted by atomic mass is 10.0. The summed E-state index contributed by atoms with van der Waals surface area (Å²) in [6.45, 7) is 6.67. The van der Waals surface area contributed by atoms with E-state index in [-0.39, 0.29) is 11.6 Å². The number of nitrogens with two attached hydrogens (primary N) is 1. The van der Waals surface area contributed by atoms with E-state index in [1.54, 1.807) is 11.7 Å². The summed E-state index contributed by atoms with van der Waals surface area (Å²) in [5.74, 6) is 1.11. The maximum Gasteiger partial charge on any atom is 0.255 e. The van der Waals surface area contributed by atoms with Crippen molar-refractivity contribution in [2.24, 2.45) is 11.7 Å². The molecule has 2 rings (SSSR count). The summed E-state index contributed by atoms with van der Waals surface area (Å²) >= 11 is 0. The average molecular weight is 300 g/mol. The minimum atomic E-state index is -0.280. The van der Waals surface area contributed by atoms with E-state index in [0.717, 1.165) is 17.0 Å². The van der Waals surface area contributed by atoms with Crippen molar-refractivity contribution >= 4 is 0 Å². The molecule has 1 atom stereocenters. The Morgan fingerprint density at radius 1 is 1.14 bits per heavy atom. The molecule has 0 aliphatic rings. The predicted molar refractivity (Wildman–Crippen MR) is 90.1 cm³/mol. The highest BCUT2D eigenvalue weighted by molar-refractivity contribution is 5.67. The maximum absolute atomic E-state index is 12.8. The van der Waals surface area contributed by atoms with E-state index in [0.29, 0.717) is 18.0 Å². The van der Waals surface area contributed by atoms with Gasteiger partial charge in [-0.05, 0) is 37.1 Å². The van der Waals surface area contributed by atoms with E-state index in [4.69, 9.17) is 10.5 Å². The third-order valence-electron chi connectivity index (χ3n) is 3.62. The molecule has 118 valence electrons. The van der Waals surface area contributed by atoms with Crippen molar-refractivity contribution in [3.8, 4) is 17.0 Å². The van der Waals surface area contributed by atoms with Crippen molar-refractivity contribution in [2.45, 2.75) is 33.4 Å². The van der Waals surface area contributed by atoms with Gasteiger partial charge in [0.05, 0.1) is 12.8 Å². The van der Waals surface area contributed by atoms with Gasteiger partial charge in [0, 0.05) is 23.7 Å². The number of hydrogen-bond donors (Lipinski definition) is 1. The van der Waals surface area contributed by atoms with Crippen LogP contribution in [0.25, 0.3) is 11.3 Å². The fourth-order valence-electron chi connectivity index (χ4n) is 2.58. The Kier molecular flexibility index (Phi) is 5.03. The molecule has 1 heterocycles. The molecule has 2 N–H and O–H groups in total. The van der Waals surface area contributed by atoms with Crippen molar-refractivity contribution in [2.75, 3.05) is 7.11 Å². The van der Waals surface area contributed by atoms with Crippen LogP contribution in [0.1, 0.15) is 32.4 Å². The molecule has 1 aromatic carbocycles. The van der Waals surface area contributed by atoms with Crippen molar-refractivity contribution in [1.82, 2.24) is 4.57 Å². The third kappa shape index (κ3) is 3.22. The summed E-state index contributed by atoms with van der Waals surface area (Å²) in [4.78, 5) is 12.8. The van der Waals surface area contributed by atoms with Gasteiger partial charge in [-0.3, -0.25) is 4.79 Å². The molecule has 0 radical (unpaired) electrons. The highest BCUT2D eigenvalue weighted by Gasteiger charge is 2.16. The van der Waals surface area contributed by atoms with E-state index in [1.807, 2.05) is 43.3 Å². The zero-order chi connectivity index (χ0) is 16.3. The van der Waals surface area contributed by atoms with Crippen molar-refractivity contribution in [1.29, 1.82) is 0 Å². The monoisotopic (exact) mass is 300 g/mol. The Bertz CT molecular complexity index is 702. The molecule has 0 bridgehead atoms. The lowest BCUT2D eigenvalue weighted by molar-refractivity contribution is 0.415. The molecule has 22 heavy (non-hydrogen) atoms. The quantitative estimate of drug-likeness (QED) is 0.922. The molecular weight excluding hydrogens is 276 g/mol. The predicted octanol–water partition coefficient (Wildman–Crippen LogP) is 3.20. The van der Waals surface area contributed by atoms with Crippen LogP contribution < -0.4 is 16.0 Å². The molecule has 0 aliphatic heterocycles. The third-order valence-corrected chi connectivity index (χ3v) is 3.62. The van der Waals surface area contributed by atoms with Crippen LogP contribution in [-0.2, 0) is 6.54 Å². The van der Waals surface area contributed by atoms with Crippen LogP contribution >= 0.6 is 0 Å². The van der Waals surface area contributed by atoms with Gasteiger partial charge in [0.1, 0.15) is 5.75 Å². The first-order valence-corrected chi connectivity index (χ1v) is 7.58. The zero-order valence-electron chi connectivity index (χ0n) is 13.7. The van der Waals surface area contributed by atoms with Crippen LogP contribution in [0, 0.1) is 5.92 Å². The largest absolute Gasteiger partial charge is 0.496 e. The average Bonchev–Trinajstić information content (AvgIpc) is 2.48. The second kappa shape index (κ2) is 6.79. The lowest BCUT2D eigenvalue weighted by Crippen LogP contribution is -2.29. The zero-order valence-corrected chi connectivity index (χ0v) is 13.7. The van der Waals surface area contributed by atoms with Crippen molar-refractivity contribution in [3.63, 3.8) is 0 Å². The molecule has 0 spiro atoms. The normalized spacial score (nSPS) is 12.5. The van der Waals surface area contributed by atoms with Crippen molar-refractivity contribution < 1.29 is 4.74 Å². The number of aromatic nitrogens is 1. The molecule has 0 saturated carbocycles. The Labute approximate surface area is 131 Å². The Balaban J connectivity index is 2.70. The first kappa shape index (κ1) is 16.3. The number of pyridine rings is 1. The van der Waals surface area contributed by atoms with Gasteiger partial charge in [0.15, 0.2) is 0 Å². The second-order valence-corrected chi connectivity index (χ2v) is 5.97. The van der Waals surface area contributed by atoms with Crippen LogP contribution in [0.4, 0.5) is 0 Å². The molecule has 0 fully saturated rings. The van der Waals surface area contributed by atoms with Gasteiger partial charge in [-0.2, -0.15) is 0 Å². The summed E-state index contributed by atoms with van der Waals surface area (Å²) in [6.07, 6.45) is 0. The van der Waals surface area contributed by atoms with Crippen LogP contribution in [0.2, 0.25) is 0 Å². The van der Waals surface area contributed by atoms with E-state index in [9.17, 15) is 4.79 Å². The highest BCUT2D eigenvalue weighted by Crippen LogP contribution is 2.29. The molecule has 2 aromatic rings. The first-order chi connectivity index (χ1) is 10.5. The standard InChI is InChI=1S/C18H24N2O2/c1-12(2)11-20-16(10-9-14(13(3)19)18(20)21)15-7-5-6-8-17(15)22-4/h5-10,12-13H,11,19H2,1-4H3. The first-order valence-electron chi connectivity index (χ1n) is 7.58. The number of methoxy groups -OCH3 is 1. The van der Waals surface area contributed by atoms with E-state index in [2.05, 4.69) is 13.8 Å². The minimum absolute atomic E-state index is 0.0212. The molecule has 4 heteroatoms. The fourth-order valence-corrected chi connectivity index (χ4v) is 2.58. The van der Waals surface area contributed by atoms with Gasteiger partial charge in [0.25, 0.3) is 5.56 Å². The van der Waals surface area contributed by atoms with Gasteiger partial charge in [0.2, 0.25) is 0 Å². The summed E-state index contributed by atoms with van der Waals surface area (Å²) in [5, 5.41) is 0.